The van der Waals surface area contributed by atoms with Crippen molar-refractivity contribution < 1.29 is 18.0 Å². The predicted octanol–water partition coefficient (Wildman–Crippen LogP) is 5.46. The Morgan fingerprint density at radius 2 is 1.96 bits per heavy atom. The van der Waals surface area contributed by atoms with Crippen LogP contribution in [0.5, 0.6) is 0 Å². The van der Waals surface area contributed by atoms with Gasteiger partial charge in [-0.1, -0.05) is 25.4 Å². The second-order valence-corrected chi connectivity index (χ2v) is 6.59. The van der Waals surface area contributed by atoms with Crippen molar-refractivity contribution in [2.24, 2.45) is 5.92 Å². The number of nitrogens with zero attached hydrogens (tertiary/aromatic N) is 1. The van der Waals surface area contributed by atoms with E-state index in [9.17, 15) is 18.0 Å². The highest BCUT2D eigenvalue weighted by Gasteiger charge is 2.33. The largest absolute Gasteiger partial charge is 0.417 e. The minimum Gasteiger partial charge on any atom is -0.370 e. The number of pyridine rings is 1. The zero-order valence-corrected chi connectivity index (χ0v) is 15.1. The third-order valence-electron chi connectivity index (χ3n) is 3.58. The highest BCUT2D eigenvalue weighted by atomic mass is 35.5. The van der Waals surface area contributed by atoms with Crippen LogP contribution in [-0.4, -0.2) is 17.4 Å². The summed E-state index contributed by atoms with van der Waals surface area (Å²) < 4.78 is 38.7. The number of aromatic nitrogens is 1. The highest BCUT2D eigenvalue weighted by Crippen LogP contribution is 2.36. The van der Waals surface area contributed by atoms with Crippen molar-refractivity contribution in [2.75, 3.05) is 17.2 Å². The molecule has 0 saturated carbocycles. The van der Waals surface area contributed by atoms with Gasteiger partial charge < -0.3 is 10.6 Å². The molecule has 0 saturated heterocycles. The zero-order chi connectivity index (χ0) is 19.3. The molecule has 26 heavy (non-hydrogen) atoms. The quantitative estimate of drug-likeness (QED) is 0.693. The van der Waals surface area contributed by atoms with Gasteiger partial charge in [-0.3, -0.25) is 4.79 Å². The van der Waals surface area contributed by atoms with E-state index in [-0.39, 0.29) is 11.3 Å². The summed E-state index contributed by atoms with van der Waals surface area (Å²) in [5.74, 6) is 0.529. The van der Waals surface area contributed by atoms with Crippen LogP contribution >= 0.6 is 11.6 Å². The van der Waals surface area contributed by atoms with E-state index in [1.807, 2.05) is 0 Å². The molecule has 4 nitrogen and oxygen atoms in total. The van der Waals surface area contributed by atoms with Gasteiger partial charge in [-0.2, -0.15) is 13.2 Å². The third-order valence-corrected chi connectivity index (χ3v) is 3.91. The van der Waals surface area contributed by atoms with Gasteiger partial charge >= 0.3 is 6.18 Å². The molecule has 0 bridgehead atoms. The van der Waals surface area contributed by atoms with E-state index in [4.69, 9.17) is 11.6 Å². The van der Waals surface area contributed by atoms with Crippen molar-refractivity contribution in [3.63, 3.8) is 0 Å². The summed E-state index contributed by atoms with van der Waals surface area (Å²) in [6, 6.07) is 6.27. The van der Waals surface area contributed by atoms with E-state index >= 15 is 0 Å². The van der Waals surface area contributed by atoms with Crippen LogP contribution in [0.25, 0.3) is 0 Å². The molecule has 0 spiro atoms. The number of carbonyl (C=O) groups excluding carboxylic acids is 1. The average Bonchev–Trinajstić information content (AvgIpc) is 2.55. The number of hydrogen-bond donors (Lipinski definition) is 2. The van der Waals surface area contributed by atoms with Crippen LogP contribution in [0.2, 0.25) is 5.02 Å². The Labute approximate surface area is 154 Å². The van der Waals surface area contributed by atoms with E-state index in [0.29, 0.717) is 18.3 Å². The monoisotopic (exact) mass is 385 g/mol. The van der Waals surface area contributed by atoms with Crippen LogP contribution in [0.3, 0.4) is 0 Å². The van der Waals surface area contributed by atoms with Crippen molar-refractivity contribution in [2.45, 2.75) is 26.4 Å². The maximum Gasteiger partial charge on any atom is 0.417 e. The standard InChI is InChI=1S/C18H19ClF3N3O/c1-11(2)5-7-23-16-9-12(6-8-24-16)17(26)25-13-3-4-15(19)14(10-13)18(20,21)22/h3-4,6,8-11H,5,7H2,1-2H3,(H,23,24)(H,25,26). The van der Waals surface area contributed by atoms with E-state index in [2.05, 4.69) is 29.5 Å². The van der Waals surface area contributed by atoms with Crippen molar-refractivity contribution >= 4 is 29.0 Å². The number of carbonyl (C=O) groups is 1. The van der Waals surface area contributed by atoms with Gasteiger partial charge in [0.2, 0.25) is 0 Å². The number of hydrogen-bond acceptors (Lipinski definition) is 3. The predicted molar refractivity (Wildman–Crippen MR) is 96.6 cm³/mol. The molecule has 0 aliphatic heterocycles. The number of nitrogens with one attached hydrogen (secondary N) is 2. The minimum atomic E-state index is -4.60. The Hall–Kier alpha value is -2.28. The van der Waals surface area contributed by atoms with Crippen LogP contribution < -0.4 is 10.6 Å². The Bertz CT molecular complexity index is 779. The molecule has 2 rings (SSSR count). The topological polar surface area (TPSA) is 54.0 Å². The first-order valence-corrected chi connectivity index (χ1v) is 8.42. The van der Waals surface area contributed by atoms with Gasteiger partial charge in [0.1, 0.15) is 5.82 Å². The third kappa shape index (κ3) is 5.62. The van der Waals surface area contributed by atoms with Crippen molar-refractivity contribution in [1.82, 2.24) is 4.98 Å². The second-order valence-electron chi connectivity index (χ2n) is 6.19. The van der Waals surface area contributed by atoms with Gasteiger partial charge in [-0.05, 0) is 42.7 Å². The molecule has 2 N–H and O–H groups in total. The molecule has 0 radical (unpaired) electrons. The normalized spacial score (nSPS) is 11.5. The summed E-state index contributed by atoms with van der Waals surface area (Å²) in [6.07, 6.45) is -2.18. The van der Waals surface area contributed by atoms with Crippen LogP contribution in [0.4, 0.5) is 24.7 Å². The van der Waals surface area contributed by atoms with Gasteiger partial charge in [0, 0.05) is 24.0 Å². The molecule has 0 unspecified atom stereocenters. The van der Waals surface area contributed by atoms with Crippen LogP contribution in [-0.2, 0) is 6.18 Å². The van der Waals surface area contributed by atoms with Crippen molar-refractivity contribution in [1.29, 1.82) is 0 Å². The highest BCUT2D eigenvalue weighted by molar-refractivity contribution is 6.31. The molecular formula is C18H19ClF3N3O. The Morgan fingerprint density at radius 3 is 2.62 bits per heavy atom. The first kappa shape index (κ1) is 20.0. The molecule has 0 aliphatic carbocycles. The van der Waals surface area contributed by atoms with Gasteiger partial charge in [0.25, 0.3) is 5.91 Å². The van der Waals surface area contributed by atoms with Gasteiger partial charge in [0.15, 0.2) is 0 Å². The first-order chi connectivity index (χ1) is 12.2. The maximum absolute atomic E-state index is 12.9. The summed E-state index contributed by atoms with van der Waals surface area (Å²) in [6.45, 7) is 4.91. The summed E-state index contributed by atoms with van der Waals surface area (Å²) in [5.41, 5.74) is -0.698. The molecule has 0 fully saturated rings. The van der Waals surface area contributed by atoms with Crippen LogP contribution in [0.15, 0.2) is 36.5 Å². The fourth-order valence-corrected chi connectivity index (χ4v) is 2.41. The fourth-order valence-electron chi connectivity index (χ4n) is 2.18. The molecule has 1 aromatic carbocycles. The van der Waals surface area contributed by atoms with Gasteiger partial charge in [-0.25, -0.2) is 4.98 Å². The van der Waals surface area contributed by atoms with Crippen molar-refractivity contribution in [3.8, 4) is 0 Å². The van der Waals surface area contributed by atoms with Crippen molar-refractivity contribution in [3.05, 3.63) is 52.7 Å². The van der Waals surface area contributed by atoms with Gasteiger partial charge in [0.05, 0.1) is 10.6 Å². The molecule has 1 amide bonds. The maximum atomic E-state index is 12.9. The lowest BCUT2D eigenvalue weighted by molar-refractivity contribution is -0.137. The fraction of sp³-hybridized carbons (Fsp3) is 0.333. The first-order valence-electron chi connectivity index (χ1n) is 8.05. The smallest absolute Gasteiger partial charge is 0.370 e. The lowest BCUT2D eigenvalue weighted by Gasteiger charge is -2.12. The SMILES string of the molecule is CC(C)CCNc1cc(C(=O)Nc2ccc(Cl)c(C(F)(F)F)c2)ccn1. The summed E-state index contributed by atoms with van der Waals surface area (Å²) in [4.78, 5) is 16.4. The molecule has 0 atom stereocenters. The van der Waals surface area contributed by atoms with Gasteiger partial charge in [-0.15, -0.1) is 0 Å². The molecular weight excluding hydrogens is 367 g/mol. The Balaban J connectivity index is 2.10. The van der Waals surface area contributed by atoms with E-state index in [0.717, 1.165) is 18.6 Å². The average molecular weight is 386 g/mol. The van der Waals surface area contributed by atoms with Crippen LogP contribution in [0, 0.1) is 5.92 Å². The minimum absolute atomic E-state index is 0.0119. The van der Waals surface area contributed by atoms with Crippen LogP contribution in [0.1, 0.15) is 36.2 Å². The molecule has 1 heterocycles. The number of benzene rings is 1. The number of halogens is 4. The summed E-state index contributed by atoms with van der Waals surface area (Å²) in [7, 11) is 0. The second kappa shape index (κ2) is 8.40. The van der Waals surface area contributed by atoms with E-state index < -0.39 is 22.7 Å². The number of alkyl halides is 3. The van der Waals surface area contributed by atoms with E-state index in [1.165, 1.54) is 18.3 Å². The number of amides is 1. The summed E-state index contributed by atoms with van der Waals surface area (Å²) >= 11 is 5.58. The Kier molecular flexibility index (Phi) is 6.47. The molecule has 1 aromatic heterocycles. The molecule has 8 heteroatoms. The molecule has 140 valence electrons. The lowest BCUT2D eigenvalue weighted by atomic mass is 10.1. The molecule has 0 aliphatic rings. The summed E-state index contributed by atoms with van der Waals surface area (Å²) in [5, 5.41) is 5.14. The number of rotatable bonds is 6. The Morgan fingerprint density at radius 1 is 1.23 bits per heavy atom. The lowest BCUT2D eigenvalue weighted by Crippen LogP contribution is -2.14. The number of anilines is 2. The molecule has 2 aromatic rings. The van der Waals surface area contributed by atoms with E-state index in [1.54, 1.807) is 6.07 Å². The zero-order valence-electron chi connectivity index (χ0n) is 14.3.